The van der Waals surface area contributed by atoms with Crippen molar-refractivity contribution in [2.45, 2.75) is 25.8 Å². The fourth-order valence-electron chi connectivity index (χ4n) is 2.25. The third kappa shape index (κ3) is 4.22. The quantitative estimate of drug-likeness (QED) is 0.805. The second-order valence-corrected chi connectivity index (χ2v) is 5.00. The van der Waals surface area contributed by atoms with Gasteiger partial charge < -0.3 is 5.32 Å². The molecule has 0 saturated heterocycles. The molecule has 0 aliphatic carbocycles. The molecular weight excluding hydrogens is 244 g/mol. The number of nitriles is 1. The maximum atomic E-state index is 8.91. The van der Waals surface area contributed by atoms with Gasteiger partial charge in [0.1, 0.15) is 0 Å². The Balaban J connectivity index is 1.77. The molecule has 0 fully saturated rings. The number of hydrogen-bond donors (Lipinski definition) is 1. The molecule has 0 amide bonds. The van der Waals surface area contributed by atoms with Gasteiger partial charge in [-0.3, -0.25) is 0 Å². The van der Waals surface area contributed by atoms with E-state index in [2.05, 4.69) is 48.6 Å². The van der Waals surface area contributed by atoms with E-state index in [0.29, 0.717) is 0 Å². The van der Waals surface area contributed by atoms with Crippen molar-refractivity contribution >= 4 is 0 Å². The Morgan fingerprint density at radius 1 is 1.10 bits per heavy atom. The van der Waals surface area contributed by atoms with Crippen molar-refractivity contribution < 1.29 is 0 Å². The van der Waals surface area contributed by atoms with Crippen LogP contribution in [-0.2, 0) is 6.42 Å². The lowest BCUT2D eigenvalue weighted by molar-refractivity contribution is 0.558. The monoisotopic (exact) mass is 264 g/mol. The van der Waals surface area contributed by atoms with Gasteiger partial charge in [-0.2, -0.15) is 5.26 Å². The molecule has 0 aliphatic rings. The van der Waals surface area contributed by atoms with Crippen LogP contribution in [0, 0.1) is 11.3 Å². The van der Waals surface area contributed by atoms with Crippen LogP contribution in [0.4, 0.5) is 0 Å². The Kier molecular flexibility index (Phi) is 5.34. The largest absolute Gasteiger partial charge is 0.310 e. The molecule has 0 aliphatic heterocycles. The molecule has 1 unspecified atom stereocenters. The molecule has 2 nitrogen and oxygen atoms in total. The van der Waals surface area contributed by atoms with E-state index in [4.69, 9.17) is 5.26 Å². The van der Waals surface area contributed by atoms with Gasteiger partial charge in [0.05, 0.1) is 11.6 Å². The summed E-state index contributed by atoms with van der Waals surface area (Å²) in [4.78, 5) is 0. The molecule has 0 aromatic heterocycles. The first-order valence-electron chi connectivity index (χ1n) is 7.07. The molecule has 2 aromatic rings. The third-order valence-corrected chi connectivity index (χ3v) is 3.45. The zero-order chi connectivity index (χ0) is 14.2. The van der Waals surface area contributed by atoms with E-state index >= 15 is 0 Å². The maximum Gasteiger partial charge on any atom is 0.0991 e. The zero-order valence-electron chi connectivity index (χ0n) is 11.8. The fourth-order valence-corrected chi connectivity index (χ4v) is 2.25. The first-order valence-corrected chi connectivity index (χ1v) is 7.07. The van der Waals surface area contributed by atoms with Crippen LogP contribution >= 0.6 is 0 Å². The van der Waals surface area contributed by atoms with Crippen LogP contribution in [0.5, 0.6) is 0 Å². The summed E-state index contributed by atoms with van der Waals surface area (Å²) in [6.07, 6.45) is 2.21. The van der Waals surface area contributed by atoms with Gasteiger partial charge in [0.2, 0.25) is 0 Å². The number of nitrogens with one attached hydrogen (secondary N) is 1. The Labute approximate surface area is 121 Å². The van der Waals surface area contributed by atoms with Gasteiger partial charge in [-0.25, -0.2) is 0 Å². The van der Waals surface area contributed by atoms with Crippen molar-refractivity contribution in [3.8, 4) is 6.07 Å². The summed E-state index contributed by atoms with van der Waals surface area (Å²) in [5, 5.41) is 12.4. The van der Waals surface area contributed by atoms with Gasteiger partial charge in [-0.1, -0.05) is 42.5 Å². The number of rotatable bonds is 6. The van der Waals surface area contributed by atoms with Gasteiger partial charge in [-0.15, -0.1) is 0 Å². The number of aryl methyl sites for hydroxylation is 1. The molecule has 0 spiro atoms. The summed E-state index contributed by atoms with van der Waals surface area (Å²) >= 11 is 0. The third-order valence-electron chi connectivity index (χ3n) is 3.45. The van der Waals surface area contributed by atoms with E-state index < -0.39 is 0 Å². The average molecular weight is 264 g/mol. The molecule has 2 aromatic carbocycles. The lowest BCUT2D eigenvalue weighted by Crippen LogP contribution is -2.20. The lowest BCUT2D eigenvalue weighted by Gasteiger charge is -2.14. The van der Waals surface area contributed by atoms with E-state index in [9.17, 15) is 0 Å². The topological polar surface area (TPSA) is 35.8 Å². The van der Waals surface area contributed by atoms with Crippen LogP contribution in [0.2, 0.25) is 0 Å². The average Bonchev–Trinajstić information content (AvgIpc) is 2.52. The van der Waals surface area contributed by atoms with Crippen LogP contribution in [0.15, 0.2) is 54.6 Å². The van der Waals surface area contributed by atoms with E-state index in [0.717, 1.165) is 24.9 Å². The van der Waals surface area contributed by atoms with Crippen molar-refractivity contribution in [2.24, 2.45) is 0 Å². The highest BCUT2D eigenvalue weighted by Crippen LogP contribution is 2.13. The van der Waals surface area contributed by atoms with Crippen molar-refractivity contribution in [2.75, 3.05) is 6.54 Å². The van der Waals surface area contributed by atoms with Gasteiger partial charge in [0, 0.05) is 6.04 Å². The van der Waals surface area contributed by atoms with Gasteiger partial charge in [-0.05, 0) is 49.6 Å². The SMILES string of the molecule is CC(NCCCc1ccccc1)c1cccc(C#N)c1. The lowest BCUT2D eigenvalue weighted by atomic mass is 10.1. The van der Waals surface area contributed by atoms with E-state index in [1.165, 1.54) is 11.1 Å². The minimum Gasteiger partial charge on any atom is -0.310 e. The Hall–Kier alpha value is -2.11. The fraction of sp³-hybridized carbons (Fsp3) is 0.278. The predicted octanol–water partition coefficient (Wildman–Crippen LogP) is 3.84. The van der Waals surface area contributed by atoms with E-state index in [-0.39, 0.29) is 6.04 Å². The van der Waals surface area contributed by atoms with Crippen molar-refractivity contribution in [1.82, 2.24) is 5.32 Å². The van der Waals surface area contributed by atoms with Crippen LogP contribution in [0.1, 0.15) is 36.1 Å². The van der Waals surface area contributed by atoms with Crippen LogP contribution < -0.4 is 5.32 Å². The van der Waals surface area contributed by atoms with Crippen LogP contribution in [-0.4, -0.2) is 6.54 Å². The molecular formula is C18H20N2. The molecule has 2 heteroatoms. The number of nitrogens with zero attached hydrogens (tertiary/aromatic N) is 1. The standard InChI is InChI=1S/C18H20N2/c1-15(18-11-5-9-17(13-18)14-19)20-12-6-10-16-7-3-2-4-8-16/h2-5,7-9,11,13,15,20H,6,10,12H2,1H3. The molecule has 0 radical (unpaired) electrons. The van der Waals surface area contributed by atoms with E-state index in [1.54, 1.807) is 0 Å². The highest BCUT2D eigenvalue weighted by atomic mass is 14.9. The molecule has 1 N–H and O–H groups in total. The summed E-state index contributed by atoms with van der Waals surface area (Å²) in [5.41, 5.74) is 3.28. The van der Waals surface area contributed by atoms with Gasteiger partial charge >= 0.3 is 0 Å². The minimum atomic E-state index is 0.277. The van der Waals surface area contributed by atoms with Crippen molar-refractivity contribution in [3.63, 3.8) is 0 Å². The van der Waals surface area contributed by atoms with Crippen LogP contribution in [0.25, 0.3) is 0 Å². The maximum absolute atomic E-state index is 8.91. The zero-order valence-corrected chi connectivity index (χ0v) is 11.8. The molecule has 0 saturated carbocycles. The number of hydrogen-bond acceptors (Lipinski definition) is 2. The minimum absolute atomic E-state index is 0.277. The second kappa shape index (κ2) is 7.47. The first kappa shape index (κ1) is 14.3. The molecule has 1 atom stereocenters. The van der Waals surface area contributed by atoms with Crippen molar-refractivity contribution in [3.05, 3.63) is 71.3 Å². The Morgan fingerprint density at radius 2 is 1.90 bits per heavy atom. The summed E-state index contributed by atoms with van der Waals surface area (Å²) in [6.45, 7) is 3.12. The normalized spacial score (nSPS) is 11.8. The molecule has 102 valence electrons. The summed E-state index contributed by atoms with van der Waals surface area (Å²) < 4.78 is 0. The summed E-state index contributed by atoms with van der Waals surface area (Å²) in [6, 6.07) is 20.8. The highest BCUT2D eigenvalue weighted by molar-refractivity contribution is 5.34. The van der Waals surface area contributed by atoms with Gasteiger partial charge in [0.25, 0.3) is 0 Å². The Morgan fingerprint density at radius 3 is 2.65 bits per heavy atom. The molecule has 0 heterocycles. The van der Waals surface area contributed by atoms with Crippen molar-refractivity contribution in [1.29, 1.82) is 5.26 Å². The predicted molar refractivity (Wildman–Crippen MR) is 82.3 cm³/mol. The smallest absolute Gasteiger partial charge is 0.0991 e. The molecule has 2 rings (SSSR count). The number of benzene rings is 2. The molecule has 0 bridgehead atoms. The molecule has 20 heavy (non-hydrogen) atoms. The summed E-state index contributed by atoms with van der Waals surface area (Å²) in [5.74, 6) is 0. The Bertz CT molecular complexity index is 569. The second-order valence-electron chi connectivity index (χ2n) is 5.00. The summed E-state index contributed by atoms with van der Waals surface area (Å²) in [7, 11) is 0. The van der Waals surface area contributed by atoms with E-state index in [1.807, 2.05) is 24.3 Å². The van der Waals surface area contributed by atoms with Gasteiger partial charge in [0.15, 0.2) is 0 Å². The highest BCUT2D eigenvalue weighted by Gasteiger charge is 2.04. The van der Waals surface area contributed by atoms with Crippen LogP contribution in [0.3, 0.4) is 0 Å². The first-order chi connectivity index (χ1) is 9.79.